The standard InChI is InChI=1S/C22H21N3O3S/c1-4-15-5-8-17(9-6-15)24-22-25(2)21(26)20(29-22)14-16-7-10-18(28-12-11-23)19(13-16)27-3/h5-10,13-14H,4,12H2,1-3H3/b20-14-,24-22?. The Bertz CT molecular complexity index is 1010. The van der Waals surface area contributed by atoms with E-state index >= 15 is 0 Å². The molecule has 0 aromatic heterocycles. The summed E-state index contributed by atoms with van der Waals surface area (Å²) in [6.45, 7) is 2.05. The van der Waals surface area contributed by atoms with Crippen LogP contribution in [0.3, 0.4) is 0 Å². The summed E-state index contributed by atoms with van der Waals surface area (Å²) in [4.78, 5) is 19.4. The van der Waals surface area contributed by atoms with Crippen molar-refractivity contribution in [1.29, 1.82) is 5.26 Å². The molecule has 2 aromatic rings. The Morgan fingerprint density at radius 3 is 2.62 bits per heavy atom. The molecule has 0 aliphatic carbocycles. The number of hydrogen-bond acceptors (Lipinski definition) is 6. The maximum absolute atomic E-state index is 12.6. The molecule has 1 saturated heterocycles. The van der Waals surface area contributed by atoms with Crippen LogP contribution in [0, 0.1) is 11.3 Å². The van der Waals surface area contributed by atoms with Crippen molar-refractivity contribution >= 4 is 34.6 Å². The third-order valence-electron chi connectivity index (χ3n) is 4.35. The third kappa shape index (κ3) is 4.79. The van der Waals surface area contributed by atoms with E-state index in [0.717, 1.165) is 17.7 Å². The van der Waals surface area contributed by atoms with E-state index in [-0.39, 0.29) is 12.5 Å². The first-order valence-corrected chi connectivity index (χ1v) is 9.90. The number of rotatable bonds is 6. The minimum Gasteiger partial charge on any atom is -0.493 e. The zero-order valence-electron chi connectivity index (χ0n) is 16.5. The predicted molar refractivity (Wildman–Crippen MR) is 115 cm³/mol. The molecule has 1 heterocycles. The van der Waals surface area contributed by atoms with Crippen LogP contribution in [0.1, 0.15) is 18.1 Å². The number of nitrogens with zero attached hydrogens (tertiary/aromatic N) is 3. The minimum absolute atomic E-state index is 0.0605. The molecule has 0 spiro atoms. The molecule has 29 heavy (non-hydrogen) atoms. The number of likely N-dealkylation sites (N-methyl/N-ethyl adjacent to an activating group) is 1. The van der Waals surface area contributed by atoms with Gasteiger partial charge < -0.3 is 9.47 Å². The summed E-state index contributed by atoms with van der Waals surface area (Å²) in [7, 11) is 3.25. The first-order valence-electron chi connectivity index (χ1n) is 9.08. The number of methoxy groups -OCH3 is 1. The molecule has 6 nitrogen and oxygen atoms in total. The van der Waals surface area contributed by atoms with Crippen LogP contribution in [0.4, 0.5) is 5.69 Å². The fraction of sp³-hybridized carbons (Fsp3) is 0.227. The molecule has 0 bridgehead atoms. The maximum atomic E-state index is 12.6. The normalized spacial score (nSPS) is 16.3. The number of aryl methyl sites for hydroxylation is 1. The van der Waals surface area contributed by atoms with Crippen LogP contribution in [0.2, 0.25) is 0 Å². The molecule has 0 N–H and O–H groups in total. The van der Waals surface area contributed by atoms with E-state index in [4.69, 9.17) is 14.7 Å². The van der Waals surface area contributed by atoms with Gasteiger partial charge in [0.15, 0.2) is 23.3 Å². The summed E-state index contributed by atoms with van der Waals surface area (Å²) >= 11 is 1.33. The number of amides is 1. The van der Waals surface area contributed by atoms with Crippen LogP contribution in [-0.2, 0) is 11.2 Å². The lowest BCUT2D eigenvalue weighted by Gasteiger charge is -2.09. The van der Waals surface area contributed by atoms with Crippen LogP contribution in [0.15, 0.2) is 52.4 Å². The van der Waals surface area contributed by atoms with Gasteiger partial charge in [-0.2, -0.15) is 5.26 Å². The molecule has 0 unspecified atom stereocenters. The van der Waals surface area contributed by atoms with E-state index in [1.54, 1.807) is 30.2 Å². The number of thioether (sulfide) groups is 1. The number of aliphatic imine (C=N–C) groups is 1. The van der Waals surface area contributed by atoms with Gasteiger partial charge in [-0.05, 0) is 59.7 Å². The molecule has 1 amide bonds. The quantitative estimate of drug-likeness (QED) is 0.664. The van der Waals surface area contributed by atoms with Gasteiger partial charge in [-0.3, -0.25) is 9.69 Å². The van der Waals surface area contributed by atoms with Crippen molar-refractivity contribution < 1.29 is 14.3 Å². The maximum Gasteiger partial charge on any atom is 0.266 e. The van der Waals surface area contributed by atoms with Crippen molar-refractivity contribution in [3.8, 4) is 17.6 Å². The molecule has 7 heteroatoms. The highest BCUT2D eigenvalue weighted by Gasteiger charge is 2.30. The second-order valence-electron chi connectivity index (χ2n) is 6.25. The Balaban J connectivity index is 1.84. The Morgan fingerprint density at radius 1 is 1.21 bits per heavy atom. The monoisotopic (exact) mass is 407 g/mol. The lowest BCUT2D eigenvalue weighted by Crippen LogP contribution is -2.23. The van der Waals surface area contributed by atoms with Crippen molar-refractivity contribution in [3.63, 3.8) is 0 Å². The predicted octanol–water partition coefficient (Wildman–Crippen LogP) is 4.39. The van der Waals surface area contributed by atoms with Crippen molar-refractivity contribution in [2.45, 2.75) is 13.3 Å². The summed E-state index contributed by atoms with van der Waals surface area (Å²) in [6, 6.07) is 15.2. The van der Waals surface area contributed by atoms with Gasteiger partial charge in [-0.15, -0.1) is 0 Å². The van der Waals surface area contributed by atoms with Gasteiger partial charge in [0.2, 0.25) is 0 Å². The Kier molecular flexibility index (Phi) is 6.57. The largest absolute Gasteiger partial charge is 0.493 e. The van der Waals surface area contributed by atoms with Gasteiger partial charge in [-0.1, -0.05) is 25.1 Å². The first-order chi connectivity index (χ1) is 14.0. The molecule has 1 aliphatic rings. The Hall–Kier alpha value is -3.24. The molecule has 1 aliphatic heterocycles. The van der Waals surface area contributed by atoms with Gasteiger partial charge in [-0.25, -0.2) is 4.99 Å². The molecule has 0 saturated carbocycles. The first kappa shape index (κ1) is 20.5. The zero-order valence-corrected chi connectivity index (χ0v) is 17.3. The van der Waals surface area contributed by atoms with Crippen molar-refractivity contribution in [2.24, 2.45) is 4.99 Å². The zero-order chi connectivity index (χ0) is 20.8. The average molecular weight is 407 g/mol. The number of amidine groups is 1. The number of carbonyl (C=O) groups excluding carboxylic acids is 1. The smallest absolute Gasteiger partial charge is 0.266 e. The Labute approximate surface area is 174 Å². The molecular weight excluding hydrogens is 386 g/mol. The second-order valence-corrected chi connectivity index (χ2v) is 7.26. The van der Waals surface area contributed by atoms with Crippen molar-refractivity contribution in [1.82, 2.24) is 4.90 Å². The topological polar surface area (TPSA) is 74.9 Å². The number of hydrogen-bond donors (Lipinski definition) is 0. The summed E-state index contributed by atoms with van der Waals surface area (Å²) in [5.74, 6) is 0.877. The lowest BCUT2D eigenvalue weighted by molar-refractivity contribution is -0.121. The average Bonchev–Trinajstić information content (AvgIpc) is 3.01. The van der Waals surface area contributed by atoms with E-state index < -0.39 is 0 Å². The van der Waals surface area contributed by atoms with E-state index in [1.165, 1.54) is 24.4 Å². The molecule has 148 valence electrons. The van der Waals surface area contributed by atoms with Crippen molar-refractivity contribution in [3.05, 3.63) is 58.5 Å². The van der Waals surface area contributed by atoms with Gasteiger partial charge in [0.25, 0.3) is 5.91 Å². The highest BCUT2D eigenvalue weighted by Crippen LogP contribution is 2.35. The summed E-state index contributed by atoms with van der Waals surface area (Å²) in [6.07, 6.45) is 2.77. The molecular formula is C22H21N3O3S. The van der Waals surface area contributed by atoms with Gasteiger partial charge >= 0.3 is 0 Å². The van der Waals surface area contributed by atoms with Crippen LogP contribution >= 0.6 is 11.8 Å². The summed E-state index contributed by atoms with van der Waals surface area (Å²) in [5.41, 5.74) is 2.85. The SMILES string of the molecule is CCc1ccc(N=C2S/C(=C\c3ccc(OCC#N)c(OC)c3)C(=O)N2C)cc1. The fourth-order valence-electron chi connectivity index (χ4n) is 2.72. The Morgan fingerprint density at radius 2 is 1.97 bits per heavy atom. The summed E-state index contributed by atoms with van der Waals surface area (Å²) in [5, 5.41) is 9.30. The second kappa shape index (κ2) is 9.30. The molecule has 1 fully saturated rings. The van der Waals surface area contributed by atoms with E-state index in [9.17, 15) is 4.79 Å². The van der Waals surface area contributed by atoms with E-state index in [2.05, 4.69) is 11.9 Å². The summed E-state index contributed by atoms with van der Waals surface area (Å²) < 4.78 is 10.7. The molecule has 3 rings (SSSR count). The van der Waals surface area contributed by atoms with Crippen LogP contribution in [0.25, 0.3) is 6.08 Å². The van der Waals surface area contributed by atoms with Gasteiger partial charge in [0, 0.05) is 7.05 Å². The van der Waals surface area contributed by atoms with Crippen LogP contribution < -0.4 is 9.47 Å². The van der Waals surface area contributed by atoms with Crippen molar-refractivity contribution in [2.75, 3.05) is 20.8 Å². The third-order valence-corrected chi connectivity index (χ3v) is 5.41. The van der Waals surface area contributed by atoms with Crippen LogP contribution in [-0.4, -0.2) is 36.7 Å². The number of benzene rings is 2. The van der Waals surface area contributed by atoms with E-state index in [0.29, 0.717) is 21.6 Å². The number of carbonyl (C=O) groups is 1. The lowest BCUT2D eigenvalue weighted by atomic mass is 10.2. The molecule has 0 radical (unpaired) electrons. The van der Waals surface area contributed by atoms with Crippen LogP contribution in [0.5, 0.6) is 11.5 Å². The van der Waals surface area contributed by atoms with E-state index in [1.807, 2.05) is 36.4 Å². The molecule has 0 atom stereocenters. The molecule has 2 aromatic carbocycles. The minimum atomic E-state index is -0.109. The van der Waals surface area contributed by atoms with Gasteiger partial charge in [0.05, 0.1) is 17.7 Å². The number of nitriles is 1. The highest BCUT2D eigenvalue weighted by molar-refractivity contribution is 8.18. The fourth-order valence-corrected chi connectivity index (χ4v) is 3.71. The van der Waals surface area contributed by atoms with Gasteiger partial charge in [0.1, 0.15) is 6.07 Å². The highest BCUT2D eigenvalue weighted by atomic mass is 32.2. The number of ether oxygens (including phenoxy) is 2.